The summed E-state index contributed by atoms with van der Waals surface area (Å²) in [4.78, 5) is 0.198. The monoisotopic (exact) mass is 312 g/mol. The number of hydrogen-bond acceptors (Lipinski definition) is 3. The van der Waals surface area contributed by atoms with E-state index in [0.717, 1.165) is 25.7 Å². The lowest BCUT2D eigenvalue weighted by Gasteiger charge is -2.53. The summed E-state index contributed by atoms with van der Waals surface area (Å²) in [7, 11) is -3.62. The first kappa shape index (κ1) is 14.9. The van der Waals surface area contributed by atoms with Crippen molar-refractivity contribution in [3.63, 3.8) is 0 Å². The summed E-state index contributed by atoms with van der Waals surface area (Å²) in [6.45, 7) is 2.52. The minimum absolute atomic E-state index is 0.198. The van der Waals surface area contributed by atoms with Crippen LogP contribution in [-0.4, -0.2) is 31.4 Å². The van der Waals surface area contributed by atoms with Crippen LogP contribution in [0.3, 0.4) is 0 Å². The molecule has 2 saturated heterocycles. The first-order chi connectivity index (χ1) is 9.89. The van der Waals surface area contributed by atoms with Gasteiger partial charge in [0.05, 0.1) is 4.90 Å². The Bertz CT molecular complexity index is 652. The number of sulfonamides is 1. The molecule has 6 heteroatoms. The van der Waals surface area contributed by atoms with Crippen molar-refractivity contribution in [2.24, 2.45) is 11.7 Å². The maximum Gasteiger partial charge on any atom is 0.243 e. The molecule has 3 aliphatic rings. The second kappa shape index (κ2) is 5.04. The number of benzene rings is 1. The van der Waals surface area contributed by atoms with Crippen molar-refractivity contribution in [3.8, 4) is 0 Å². The van der Waals surface area contributed by atoms with Crippen LogP contribution in [0.1, 0.15) is 31.2 Å². The molecule has 4 rings (SSSR count). The van der Waals surface area contributed by atoms with E-state index in [1.54, 1.807) is 11.2 Å². The van der Waals surface area contributed by atoms with Crippen molar-refractivity contribution >= 4 is 10.0 Å². The van der Waals surface area contributed by atoms with Crippen LogP contribution in [0.25, 0.3) is 0 Å². The molecular weight excluding hydrogens is 291 g/mol. The normalized spacial score (nSPS) is 29.8. The standard InChI is InChI=1S/C15H21FN2O2S/c1-11-8-13(16)2-3-14(11)21(19,20)18-9-12-4-6-15(18,10-17)7-5-12/h2-3,8,12H,4-7,9-10,17H2,1H3. The van der Waals surface area contributed by atoms with Gasteiger partial charge < -0.3 is 5.73 Å². The summed E-state index contributed by atoms with van der Waals surface area (Å²) in [5.41, 5.74) is 5.93. The Balaban J connectivity index is 2.05. The summed E-state index contributed by atoms with van der Waals surface area (Å²) in [6.07, 6.45) is 3.75. The van der Waals surface area contributed by atoms with Gasteiger partial charge in [0.2, 0.25) is 10.0 Å². The molecule has 0 spiro atoms. The van der Waals surface area contributed by atoms with Crippen molar-refractivity contribution in [1.29, 1.82) is 0 Å². The van der Waals surface area contributed by atoms with E-state index in [2.05, 4.69) is 0 Å². The fourth-order valence-electron chi connectivity index (χ4n) is 3.76. The van der Waals surface area contributed by atoms with E-state index < -0.39 is 21.4 Å². The van der Waals surface area contributed by atoms with Gasteiger partial charge >= 0.3 is 0 Å². The summed E-state index contributed by atoms with van der Waals surface area (Å²) >= 11 is 0. The minimum atomic E-state index is -3.62. The van der Waals surface area contributed by atoms with Crippen LogP contribution < -0.4 is 5.73 Å². The highest BCUT2D eigenvalue weighted by Gasteiger charge is 2.50. The highest BCUT2D eigenvalue weighted by molar-refractivity contribution is 7.89. The SMILES string of the molecule is Cc1cc(F)ccc1S(=O)(=O)N1CC2CCC1(CN)CC2. The molecule has 0 unspecified atom stereocenters. The number of fused-ring (bicyclic) bond motifs is 3. The van der Waals surface area contributed by atoms with Crippen LogP contribution in [0.4, 0.5) is 4.39 Å². The molecular formula is C15H21FN2O2S. The molecule has 0 aromatic heterocycles. The first-order valence-electron chi connectivity index (χ1n) is 7.38. The van der Waals surface area contributed by atoms with Gasteiger partial charge in [-0.25, -0.2) is 12.8 Å². The van der Waals surface area contributed by atoms with Gasteiger partial charge in [0.25, 0.3) is 0 Å². The second-order valence-corrected chi connectivity index (χ2v) is 8.15. The quantitative estimate of drug-likeness (QED) is 0.929. The number of aryl methyl sites for hydroxylation is 1. The summed E-state index contributed by atoms with van der Waals surface area (Å²) < 4.78 is 40.9. The summed E-state index contributed by atoms with van der Waals surface area (Å²) in [5, 5.41) is 0. The molecule has 1 aromatic carbocycles. The highest BCUT2D eigenvalue weighted by atomic mass is 32.2. The van der Waals surface area contributed by atoms with Gasteiger partial charge in [-0.2, -0.15) is 4.31 Å². The van der Waals surface area contributed by atoms with Gasteiger partial charge in [-0.05, 0) is 62.3 Å². The topological polar surface area (TPSA) is 63.4 Å². The molecule has 2 aliphatic heterocycles. The van der Waals surface area contributed by atoms with E-state index in [4.69, 9.17) is 5.73 Å². The molecule has 21 heavy (non-hydrogen) atoms. The van der Waals surface area contributed by atoms with Gasteiger partial charge in [0, 0.05) is 18.6 Å². The lowest BCUT2D eigenvalue weighted by atomic mass is 9.72. The third-order valence-electron chi connectivity index (χ3n) is 5.07. The number of hydrogen-bond donors (Lipinski definition) is 1. The molecule has 2 bridgehead atoms. The van der Waals surface area contributed by atoms with Crippen LogP contribution >= 0.6 is 0 Å². The first-order valence-corrected chi connectivity index (χ1v) is 8.82. The maximum atomic E-state index is 13.2. The van der Waals surface area contributed by atoms with Gasteiger partial charge in [-0.3, -0.25) is 0 Å². The van der Waals surface area contributed by atoms with Crippen molar-refractivity contribution in [2.45, 2.75) is 43.0 Å². The Morgan fingerprint density at radius 2 is 2.05 bits per heavy atom. The smallest absolute Gasteiger partial charge is 0.243 e. The number of nitrogens with two attached hydrogens (primary N) is 1. The summed E-state index contributed by atoms with van der Waals surface area (Å²) in [5.74, 6) is 0.00843. The Kier molecular flexibility index (Phi) is 3.58. The number of nitrogens with zero attached hydrogens (tertiary/aromatic N) is 1. The van der Waals surface area contributed by atoms with Crippen LogP contribution in [0.2, 0.25) is 0 Å². The van der Waals surface area contributed by atoms with Crippen LogP contribution in [0.5, 0.6) is 0 Å². The number of halogens is 1. The van der Waals surface area contributed by atoms with Gasteiger partial charge in [0.1, 0.15) is 5.82 Å². The third-order valence-corrected chi connectivity index (χ3v) is 7.20. The molecule has 3 fully saturated rings. The largest absolute Gasteiger partial charge is 0.329 e. The molecule has 1 aliphatic carbocycles. The van der Waals surface area contributed by atoms with E-state index in [0.29, 0.717) is 24.6 Å². The average Bonchev–Trinajstić information content (AvgIpc) is 2.48. The van der Waals surface area contributed by atoms with Crippen LogP contribution in [-0.2, 0) is 10.0 Å². The summed E-state index contributed by atoms with van der Waals surface area (Å²) in [6, 6.07) is 3.84. The van der Waals surface area contributed by atoms with Gasteiger partial charge in [-0.15, -0.1) is 0 Å². The third kappa shape index (κ3) is 2.29. The Labute approximate surface area is 125 Å². The number of rotatable bonds is 3. The number of piperidine rings is 2. The predicted octanol–water partition coefficient (Wildman–Crippen LogP) is 2.03. The zero-order chi connectivity index (χ0) is 15.3. The van der Waals surface area contributed by atoms with Gasteiger partial charge in [0.15, 0.2) is 0 Å². The molecule has 0 amide bonds. The van der Waals surface area contributed by atoms with Crippen LogP contribution in [0.15, 0.2) is 23.1 Å². The molecule has 2 N–H and O–H groups in total. The van der Waals surface area contributed by atoms with E-state index in [1.807, 2.05) is 0 Å². The fraction of sp³-hybridized carbons (Fsp3) is 0.600. The Hall–Kier alpha value is -0.980. The van der Waals surface area contributed by atoms with Gasteiger partial charge in [-0.1, -0.05) is 0 Å². The molecule has 1 saturated carbocycles. The van der Waals surface area contributed by atoms with E-state index >= 15 is 0 Å². The molecule has 1 aromatic rings. The molecule has 0 atom stereocenters. The lowest BCUT2D eigenvalue weighted by Crippen LogP contribution is -2.63. The van der Waals surface area contributed by atoms with E-state index in [-0.39, 0.29) is 4.90 Å². The van der Waals surface area contributed by atoms with E-state index in [1.165, 1.54) is 18.2 Å². The van der Waals surface area contributed by atoms with Crippen molar-refractivity contribution < 1.29 is 12.8 Å². The van der Waals surface area contributed by atoms with E-state index in [9.17, 15) is 12.8 Å². The molecule has 116 valence electrons. The van der Waals surface area contributed by atoms with Crippen molar-refractivity contribution in [1.82, 2.24) is 4.31 Å². The zero-order valence-corrected chi connectivity index (χ0v) is 13.0. The Morgan fingerprint density at radius 1 is 1.38 bits per heavy atom. The molecule has 0 radical (unpaired) electrons. The Morgan fingerprint density at radius 3 is 2.62 bits per heavy atom. The highest BCUT2D eigenvalue weighted by Crippen LogP contribution is 2.45. The lowest BCUT2D eigenvalue weighted by molar-refractivity contribution is 0.0355. The average molecular weight is 312 g/mol. The predicted molar refractivity (Wildman–Crippen MR) is 78.8 cm³/mol. The zero-order valence-electron chi connectivity index (χ0n) is 12.2. The van der Waals surface area contributed by atoms with Crippen LogP contribution in [0, 0.1) is 18.7 Å². The minimum Gasteiger partial charge on any atom is -0.329 e. The van der Waals surface area contributed by atoms with Crippen molar-refractivity contribution in [3.05, 3.63) is 29.6 Å². The fourth-order valence-corrected chi connectivity index (χ4v) is 5.87. The molecule has 4 nitrogen and oxygen atoms in total. The maximum absolute atomic E-state index is 13.2. The second-order valence-electron chi connectivity index (χ2n) is 6.32. The van der Waals surface area contributed by atoms with Crippen molar-refractivity contribution in [2.75, 3.05) is 13.1 Å². The molecule has 2 heterocycles.